The zero-order valence-electron chi connectivity index (χ0n) is 7.31. The monoisotopic (exact) mass is 185 g/mol. The van der Waals surface area contributed by atoms with Crippen molar-refractivity contribution in [3.05, 3.63) is 48.4 Å². The molecule has 1 aromatic carbocycles. The molecule has 0 bridgehead atoms. The van der Waals surface area contributed by atoms with Crippen molar-refractivity contribution in [1.29, 1.82) is 0 Å². The van der Waals surface area contributed by atoms with Crippen molar-refractivity contribution in [3.63, 3.8) is 0 Å². The molecule has 2 heterocycles. The third kappa shape index (κ3) is 0.893. The number of carbonyl (C=O) groups excluding carboxylic acids is 1. The fraction of sp³-hybridized carbons (Fsp3) is 0. The Morgan fingerprint density at radius 2 is 1.79 bits per heavy atom. The molecule has 0 saturated carbocycles. The molecule has 1 aliphatic rings. The first-order chi connectivity index (χ1) is 6.88. The number of para-hydroxylation sites is 2. The largest absolute Gasteiger partial charge is 0.459 e. The van der Waals surface area contributed by atoms with Crippen LogP contribution in [-0.4, -0.2) is 5.91 Å². The summed E-state index contributed by atoms with van der Waals surface area (Å²) in [5.74, 6) is 0.275. The lowest BCUT2D eigenvalue weighted by molar-refractivity contribution is 0.0980. The van der Waals surface area contributed by atoms with E-state index in [0.717, 1.165) is 11.4 Å². The summed E-state index contributed by atoms with van der Waals surface area (Å²) in [5, 5.41) is 0. The SMILES string of the molecule is O=C(c1ccco1)N1c2ccccc21. The van der Waals surface area contributed by atoms with Crippen molar-refractivity contribution in [2.75, 3.05) is 4.90 Å². The molecule has 0 atom stereocenters. The van der Waals surface area contributed by atoms with Gasteiger partial charge in [-0.05, 0) is 24.3 Å². The molecule has 1 aromatic heterocycles. The first kappa shape index (κ1) is 7.38. The molecule has 0 radical (unpaired) electrons. The average molecular weight is 185 g/mol. The Bertz CT molecular complexity index is 465. The number of anilines is 2. The summed E-state index contributed by atoms with van der Waals surface area (Å²) in [7, 11) is 0. The van der Waals surface area contributed by atoms with Gasteiger partial charge in [-0.2, -0.15) is 0 Å². The molecule has 2 aromatic rings. The topological polar surface area (TPSA) is 33.2 Å². The number of rotatable bonds is 1. The lowest BCUT2D eigenvalue weighted by Crippen LogP contribution is -2.11. The van der Waals surface area contributed by atoms with Crippen molar-refractivity contribution in [2.45, 2.75) is 0 Å². The summed E-state index contributed by atoms with van der Waals surface area (Å²) in [6.07, 6.45) is 1.50. The Balaban J connectivity index is 1.92. The van der Waals surface area contributed by atoms with Crippen LogP contribution in [-0.2, 0) is 0 Å². The predicted molar refractivity (Wildman–Crippen MR) is 51.6 cm³/mol. The van der Waals surface area contributed by atoms with Gasteiger partial charge in [0.2, 0.25) is 0 Å². The van der Waals surface area contributed by atoms with Gasteiger partial charge in [0.15, 0.2) is 5.76 Å². The van der Waals surface area contributed by atoms with Crippen LogP contribution < -0.4 is 4.90 Å². The number of nitrogens with zero attached hydrogens (tertiary/aromatic N) is 1. The Hall–Kier alpha value is -2.03. The highest BCUT2D eigenvalue weighted by molar-refractivity contribution is 6.21. The molecule has 0 saturated heterocycles. The molecule has 0 fully saturated rings. The number of hydrogen-bond donors (Lipinski definition) is 0. The molecule has 1 aliphatic heterocycles. The third-order valence-corrected chi connectivity index (χ3v) is 2.25. The summed E-state index contributed by atoms with van der Waals surface area (Å²) in [6.45, 7) is 0. The number of hydrogen-bond acceptors (Lipinski definition) is 2. The van der Waals surface area contributed by atoms with E-state index in [4.69, 9.17) is 4.42 Å². The van der Waals surface area contributed by atoms with Gasteiger partial charge in [0.05, 0.1) is 17.6 Å². The van der Waals surface area contributed by atoms with Crippen LogP contribution in [0, 0.1) is 0 Å². The van der Waals surface area contributed by atoms with Crippen LogP contribution in [0.15, 0.2) is 47.1 Å². The second-order valence-corrected chi connectivity index (χ2v) is 3.11. The summed E-state index contributed by atoms with van der Waals surface area (Å²) < 4.78 is 5.04. The minimum absolute atomic E-state index is 0.101. The number of benzene rings is 1. The molecule has 0 unspecified atom stereocenters. The highest BCUT2D eigenvalue weighted by Crippen LogP contribution is 2.48. The average Bonchev–Trinajstić information content (AvgIpc) is 2.70. The van der Waals surface area contributed by atoms with E-state index in [0.29, 0.717) is 5.76 Å². The molecule has 0 spiro atoms. The van der Waals surface area contributed by atoms with Crippen LogP contribution in [0.5, 0.6) is 0 Å². The molecule has 3 rings (SSSR count). The van der Waals surface area contributed by atoms with Gasteiger partial charge in [0, 0.05) is 0 Å². The molecular formula is C11H7NO2. The maximum absolute atomic E-state index is 11.8. The Morgan fingerprint density at radius 3 is 2.36 bits per heavy atom. The van der Waals surface area contributed by atoms with Crippen LogP contribution in [0.2, 0.25) is 0 Å². The quantitative estimate of drug-likeness (QED) is 0.639. The highest BCUT2D eigenvalue weighted by Gasteiger charge is 2.35. The maximum atomic E-state index is 11.8. The lowest BCUT2D eigenvalue weighted by atomic mass is 10.4. The van der Waals surface area contributed by atoms with Crippen molar-refractivity contribution in [2.24, 2.45) is 0 Å². The first-order valence-corrected chi connectivity index (χ1v) is 4.35. The second-order valence-electron chi connectivity index (χ2n) is 3.11. The van der Waals surface area contributed by atoms with E-state index in [-0.39, 0.29) is 5.91 Å². The molecular weight excluding hydrogens is 178 g/mol. The van der Waals surface area contributed by atoms with E-state index < -0.39 is 0 Å². The standard InChI is InChI=1S/C11H7NO2/c13-11(10-6-3-7-14-10)12-8-4-1-2-5-9(8)12/h1-7H. The maximum Gasteiger partial charge on any atom is 0.298 e. The summed E-state index contributed by atoms with van der Waals surface area (Å²) in [6, 6.07) is 11.0. The minimum Gasteiger partial charge on any atom is -0.459 e. The smallest absolute Gasteiger partial charge is 0.298 e. The van der Waals surface area contributed by atoms with E-state index in [1.165, 1.54) is 6.26 Å². The Morgan fingerprint density at radius 1 is 1.07 bits per heavy atom. The van der Waals surface area contributed by atoms with E-state index in [9.17, 15) is 4.79 Å². The van der Waals surface area contributed by atoms with Crippen LogP contribution in [0.1, 0.15) is 10.6 Å². The molecule has 68 valence electrons. The zero-order chi connectivity index (χ0) is 9.54. The van der Waals surface area contributed by atoms with Crippen molar-refractivity contribution in [3.8, 4) is 0 Å². The Labute approximate surface area is 80.6 Å². The van der Waals surface area contributed by atoms with Gasteiger partial charge in [-0.1, -0.05) is 12.1 Å². The highest BCUT2D eigenvalue weighted by atomic mass is 16.3. The van der Waals surface area contributed by atoms with E-state index >= 15 is 0 Å². The molecule has 14 heavy (non-hydrogen) atoms. The van der Waals surface area contributed by atoms with Gasteiger partial charge in [-0.15, -0.1) is 0 Å². The van der Waals surface area contributed by atoms with Gasteiger partial charge in [0.1, 0.15) is 0 Å². The van der Waals surface area contributed by atoms with E-state index in [2.05, 4.69) is 0 Å². The predicted octanol–water partition coefficient (Wildman–Crippen LogP) is 2.57. The normalized spacial score (nSPS) is 12.4. The van der Waals surface area contributed by atoms with Crippen LogP contribution in [0.3, 0.4) is 0 Å². The second kappa shape index (κ2) is 2.48. The summed E-state index contributed by atoms with van der Waals surface area (Å²) >= 11 is 0. The molecule has 0 N–H and O–H groups in total. The summed E-state index contributed by atoms with van der Waals surface area (Å²) in [4.78, 5) is 13.4. The van der Waals surface area contributed by atoms with E-state index in [1.54, 1.807) is 17.0 Å². The minimum atomic E-state index is -0.101. The van der Waals surface area contributed by atoms with E-state index in [1.807, 2.05) is 24.3 Å². The van der Waals surface area contributed by atoms with Crippen LogP contribution >= 0.6 is 0 Å². The van der Waals surface area contributed by atoms with Gasteiger partial charge in [-0.25, -0.2) is 0 Å². The van der Waals surface area contributed by atoms with Crippen molar-refractivity contribution in [1.82, 2.24) is 0 Å². The number of fused-ring (bicyclic) bond motifs is 1. The molecule has 3 nitrogen and oxygen atoms in total. The molecule has 3 heteroatoms. The number of amides is 1. The zero-order valence-corrected chi connectivity index (χ0v) is 7.31. The molecule has 1 amide bonds. The Kier molecular flexibility index (Phi) is 1.31. The van der Waals surface area contributed by atoms with Crippen LogP contribution in [0.4, 0.5) is 11.4 Å². The van der Waals surface area contributed by atoms with Gasteiger partial charge < -0.3 is 4.42 Å². The van der Waals surface area contributed by atoms with Gasteiger partial charge >= 0.3 is 0 Å². The van der Waals surface area contributed by atoms with Crippen molar-refractivity contribution < 1.29 is 9.21 Å². The van der Waals surface area contributed by atoms with Crippen molar-refractivity contribution >= 4 is 17.3 Å². The fourth-order valence-corrected chi connectivity index (χ4v) is 1.53. The third-order valence-electron chi connectivity index (χ3n) is 2.25. The fourth-order valence-electron chi connectivity index (χ4n) is 1.53. The first-order valence-electron chi connectivity index (χ1n) is 4.35. The summed E-state index contributed by atoms with van der Waals surface area (Å²) in [5.41, 5.74) is 1.93. The van der Waals surface area contributed by atoms with Gasteiger partial charge in [0.25, 0.3) is 5.91 Å². The van der Waals surface area contributed by atoms with Crippen LogP contribution in [0.25, 0.3) is 0 Å². The number of carbonyl (C=O) groups is 1. The molecule has 0 aliphatic carbocycles. The number of furan rings is 1. The lowest BCUT2D eigenvalue weighted by Gasteiger charge is -1.96. The van der Waals surface area contributed by atoms with Gasteiger partial charge in [-0.3, -0.25) is 9.69 Å².